The molecule has 1 aliphatic rings. The van der Waals surface area contributed by atoms with Crippen LogP contribution in [0.1, 0.15) is 17.4 Å². The molecule has 0 saturated carbocycles. The molecule has 28 heavy (non-hydrogen) atoms. The number of aliphatic hydroxyl groups excluding tert-OH is 1. The van der Waals surface area contributed by atoms with Crippen LogP contribution in [0.25, 0.3) is 11.0 Å². The van der Waals surface area contributed by atoms with Crippen molar-refractivity contribution < 1.29 is 19.3 Å². The summed E-state index contributed by atoms with van der Waals surface area (Å²) in [7, 11) is 3.24. The van der Waals surface area contributed by atoms with Crippen molar-refractivity contribution in [1.82, 2.24) is 14.9 Å². The number of hydrogen-bond donors (Lipinski definition) is 2. The van der Waals surface area contributed by atoms with Crippen LogP contribution in [-0.4, -0.2) is 60.1 Å². The lowest BCUT2D eigenvalue weighted by Gasteiger charge is -2.40. The van der Waals surface area contributed by atoms with E-state index in [0.717, 1.165) is 29.0 Å². The second-order valence-corrected chi connectivity index (χ2v) is 6.82. The first-order valence-electron chi connectivity index (χ1n) is 9.35. The van der Waals surface area contributed by atoms with Crippen LogP contribution in [0.2, 0.25) is 0 Å². The van der Waals surface area contributed by atoms with E-state index < -0.39 is 0 Å². The summed E-state index contributed by atoms with van der Waals surface area (Å²) in [5, 5.41) is 9.92. The second-order valence-electron chi connectivity index (χ2n) is 6.82. The number of methoxy groups -OCH3 is 2. The highest BCUT2D eigenvalue weighted by Gasteiger charge is 2.34. The van der Waals surface area contributed by atoms with Crippen molar-refractivity contribution in [2.45, 2.75) is 18.7 Å². The molecule has 3 aromatic rings. The Balaban J connectivity index is 1.66. The van der Waals surface area contributed by atoms with Crippen molar-refractivity contribution in [1.29, 1.82) is 0 Å². The number of aliphatic hydroxyl groups is 1. The van der Waals surface area contributed by atoms with E-state index in [0.29, 0.717) is 24.7 Å². The Morgan fingerprint density at radius 3 is 2.75 bits per heavy atom. The Bertz CT molecular complexity index is 909. The molecular formula is C21H25N3O4. The van der Waals surface area contributed by atoms with Crippen LogP contribution in [0.15, 0.2) is 42.5 Å². The topological polar surface area (TPSA) is 79.8 Å². The van der Waals surface area contributed by atoms with Gasteiger partial charge in [-0.15, -0.1) is 0 Å². The molecule has 1 saturated heterocycles. The number of fused-ring (bicyclic) bond motifs is 1. The molecule has 148 valence electrons. The van der Waals surface area contributed by atoms with E-state index in [1.54, 1.807) is 14.2 Å². The third kappa shape index (κ3) is 3.56. The molecule has 7 nitrogen and oxygen atoms in total. The van der Waals surface area contributed by atoms with Gasteiger partial charge in [-0.1, -0.05) is 18.2 Å². The van der Waals surface area contributed by atoms with Crippen molar-refractivity contribution >= 4 is 11.0 Å². The van der Waals surface area contributed by atoms with Crippen molar-refractivity contribution in [2.24, 2.45) is 0 Å². The highest BCUT2D eigenvalue weighted by atomic mass is 16.5. The number of benzene rings is 2. The molecule has 1 aromatic heterocycles. The quantitative estimate of drug-likeness (QED) is 0.681. The molecule has 2 heterocycles. The monoisotopic (exact) mass is 383 g/mol. The molecule has 0 amide bonds. The van der Waals surface area contributed by atoms with Crippen LogP contribution in [0, 0.1) is 0 Å². The number of imidazole rings is 1. The Morgan fingerprint density at radius 1 is 1.18 bits per heavy atom. The average Bonchev–Trinajstić information content (AvgIpc) is 3.15. The van der Waals surface area contributed by atoms with Crippen LogP contribution in [0.5, 0.6) is 11.5 Å². The SMILES string of the molecule is COc1ccc([C@@H]2[C@@H](CO)OCCN2Cc2nc3ccccc3[nH]2)cc1OC. The predicted molar refractivity (Wildman–Crippen MR) is 106 cm³/mol. The Hall–Kier alpha value is -2.61. The molecule has 7 heteroatoms. The van der Waals surface area contributed by atoms with Gasteiger partial charge in [-0.3, -0.25) is 4.90 Å². The van der Waals surface area contributed by atoms with Gasteiger partial charge in [-0.25, -0.2) is 4.98 Å². The molecule has 0 radical (unpaired) electrons. The normalized spacial score (nSPS) is 20.4. The molecule has 2 atom stereocenters. The zero-order valence-electron chi connectivity index (χ0n) is 16.1. The largest absolute Gasteiger partial charge is 0.493 e. The molecule has 2 N–H and O–H groups in total. The fraction of sp³-hybridized carbons (Fsp3) is 0.381. The number of aromatic amines is 1. The van der Waals surface area contributed by atoms with Crippen molar-refractivity contribution in [2.75, 3.05) is 34.0 Å². The number of hydrogen-bond acceptors (Lipinski definition) is 6. The highest BCUT2D eigenvalue weighted by Crippen LogP contribution is 2.36. The number of nitrogens with one attached hydrogen (secondary N) is 1. The van der Waals surface area contributed by atoms with Crippen LogP contribution in [0.4, 0.5) is 0 Å². The van der Waals surface area contributed by atoms with E-state index in [9.17, 15) is 5.11 Å². The maximum Gasteiger partial charge on any atom is 0.161 e. The number of para-hydroxylation sites is 2. The summed E-state index contributed by atoms with van der Waals surface area (Å²) < 4.78 is 16.7. The maximum absolute atomic E-state index is 9.92. The summed E-state index contributed by atoms with van der Waals surface area (Å²) in [5.74, 6) is 2.23. The van der Waals surface area contributed by atoms with Crippen LogP contribution in [0.3, 0.4) is 0 Å². The Kier molecular flexibility index (Phi) is 5.47. The summed E-state index contributed by atoms with van der Waals surface area (Å²) in [5.41, 5.74) is 2.98. The second kappa shape index (κ2) is 8.18. The van der Waals surface area contributed by atoms with E-state index in [-0.39, 0.29) is 18.8 Å². The molecule has 0 aliphatic carbocycles. The first kappa shape index (κ1) is 18.7. The summed E-state index contributed by atoms with van der Waals surface area (Å²) in [6, 6.07) is 13.7. The number of nitrogens with zero attached hydrogens (tertiary/aromatic N) is 2. The number of aromatic nitrogens is 2. The predicted octanol–water partition coefficient (Wildman–Crippen LogP) is 2.51. The molecule has 0 spiro atoms. The minimum Gasteiger partial charge on any atom is -0.493 e. The highest BCUT2D eigenvalue weighted by molar-refractivity contribution is 5.74. The van der Waals surface area contributed by atoms with E-state index >= 15 is 0 Å². The molecule has 1 fully saturated rings. The fourth-order valence-corrected chi connectivity index (χ4v) is 3.85. The van der Waals surface area contributed by atoms with E-state index in [1.165, 1.54) is 0 Å². The minimum absolute atomic E-state index is 0.0599. The van der Waals surface area contributed by atoms with Gasteiger partial charge < -0.3 is 24.3 Å². The molecular weight excluding hydrogens is 358 g/mol. The third-order valence-electron chi connectivity index (χ3n) is 5.18. The van der Waals surface area contributed by atoms with Gasteiger partial charge in [-0.05, 0) is 29.8 Å². The zero-order chi connectivity index (χ0) is 19.5. The molecule has 0 unspecified atom stereocenters. The lowest BCUT2D eigenvalue weighted by atomic mass is 9.97. The smallest absolute Gasteiger partial charge is 0.161 e. The van der Waals surface area contributed by atoms with Crippen molar-refractivity contribution in [3.8, 4) is 11.5 Å². The van der Waals surface area contributed by atoms with Crippen molar-refractivity contribution in [3.63, 3.8) is 0 Å². The maximum atomic E-state index is 9.92. The number of rotatable bonds is 6. The van der Waals surface area contributed by atoms with Crippen LogP contribution < -0.4 is 9.47 Å². The first-order chi connectivity index (χ1) is 13.7. The number of morpholine rings is 1. The van der Waals surface area contributed by atoms with Gasteiger partial charge in [0.2, 0.25) is 0 Å². The van der Waals surface area contributed by atoms with Crippen LogP contribution >= 0.6 is 0 Å². The lowest BCUT2D eigenvalue weighted by molar-refractivity contribution is -0.0966. The molecule has 2 aromatic carbocycles. The van der Waals surface area contributed by atoms with E-state index in [1.807, 2.05) is 42.5 Å². The van der Waals surface area contributed by atoms with Gasteiger partial charge in [0, 0.05) is 6.54 Å². The van der Waals surface area contributed by atoms with Gasteiger partial charge in [0.05, 0.1) is 51.1 Å². The van der Waals surface area contributed by atoms with E-state index in [2.05, 4.69) is 9.88 Å². The summed E-state index contributed by atoms with van der Waals surface area (Å²) >= 11 is 0. The summed E-state index contributed by atoms with van der Waals surface area (Å²) in [6.07, 6.45) is -0.323. The number of H-pyrrole nitrogens is 1. The average molecular weight is 383 g/mol. The lowest BCUT2D eigenvalue weighted by Crippen LogP contribution is -2.46. The molecule has 4 rings (SSSR count). The van der Waals surface area contributed by atoms with Gasteiger partial charge in [-0.2, -0.15) is 0 Å². The molecule has 1 aliphatic heterocycles. The van der Waals surface area contributed by atoms with Crippen LogP contribution in [-0.2, 0) is 11.3 Å². The van der Waals surface area contributed by atoms with E-state index in [4.69, 9.17) is 19.2 Å². The summed E-state index contributed by atoms with van der Waals surface area (Å²) in [4.78, 5) is 10.4. The van der Waals surface area contributed by atoms with Gasteiger partial charge in [0.15, 0.2) is 11.5 Å². The Morgan fingerprint density at radius 2 is 2.00 bits per heavy atom. The third-order valence-corrected chi connectivity index (χ3v) is 5.18. The minimum atomic E-state index is -0.323. The number of ether oxygens (including phenoxy) is 3. The summed E-state index contributed by atoms with van der Waals surface area (Å²) in [6.45, 7) is 1.88. The first-order valence-corrected chi connectivity index (χ1v) is 9.35. The fourth-order valence-electron chi connectivity index (χ4n) is 3.85. The molecule has 0 bridgehead atoms. The zero-order valence-corrected chi connectivity index (χ0v) is 16.1. The van der Waals surface area contributed by atoms with Gasteiger partial charge in [0.25, 0.3) is 0 Å². The van der Waals surface area contributed by atoms with Gasteiger partial charge in [0.1, 0.15) is 11.9 Å². The Labute approximate surface area is 163 Å². The van der Waals surface area contributed by atoms with Gasteiger partial charge >= 0.3 is 0 Å². The van der Waals surface area contributed by atoms with Crippen molar-refractivity contribution in [3.05, 3.63) is 53.9 Å². The standard InChI is InChI=1S/C21H25N3O4/c1-26-17-8-7-14(11-18(17)27-2)21-19(13-25)28-10-9-24(21)12-20-22-15-5-3-4-6-16(15)23-20/h3-8,11,19,21,25H,9-10,12-13H2,1-2H3,(H,22,23)/t19-,21-/m1/s1.